The van der Waals surface area contributed by atoms with Crippen LogP contribution in [0.5, 0.6) is 5.75 Å². The highest BCUT2D eigenvalue weighted by Gasteiger charge is 2.31. The van der Waals surface area contributed by atoms with Crippen molar-refractivity contribution in [2.75, 3.05) is 51.3 Å². The second-order valence-corrected chi connectivity index (χ2v) is 10.5. The lowest BCUT2D eigenvalue weighted by Gasteiger charge is -2.42. The van der Waals surface area contributed by atoms with Crippen molar-refractivity contribution in [2.24, 2.45) is 0 Å². The molecule has 2 N–H and O–H groups in total. The van der Waals surface area contributed by atoms with Crippen molar-refractivity contribution < 1.29 is 23.1 Å². The number of aromatic nitrogens is 3. The Labute approximate surface area is 238 Å². The fourth-order valence-electron chi connectivity index (χ4n) is 5.14. The molecule has 40 heavy (non-hydrogen) atoms. The first-order valence-corrected chi connectivity index (χ1v) is 13.8. The van der Waals surface area contributed by atoms with Gasteiger partial charge in [0.1, 0.15) is 30.0 Å². The zero-order chi connectivity index (χ0) is 29.0. The van der Waals surface area contributed by atoms with Crippen molar-refractivity contribution in [3.63, 3.8) is 0 Å². The van der Waals surface area contributed by atoms with Crippen molar-refractivity contribution in [1.29, 1.82) is 0 Å². The molecule has 1 aromatic carbocycles. The molecule has 2 aromatic heterocycles. The van der Waals surface area contributed by atoms with Gasteiger partial charge in [-0.3, -0.25) is 4.90 Å². The van der Waals surface area contributed by atoms with Gasteiger partial charge in [-0.2, -0.15) is 0 Å². The second-order valence-electron chi connectivity index (χ2n) is 10.1. The lowest BCUT2D eigenvalue weighted by molar-refractivity contribution is 0.0586. The number of aliphatic hydroxyl groups excluding tert-OH is 1. The van der Waals surface area contributed by atoms with Crippen LogP contribution >= 0.6 is 11.6 Å². The van der Waals surface area contributed by atoms with Crippen molar-refractivity contribution in [1.82, 2.24) is 25.3 Å². The maximum atomic E-state index is 13.2. The largest absolute Gasteiger partial charge is 0.491 e. The molecule has 3 heterocycles. The van der Waals surface area contributed by atoms with E-state index in [2.05, 4.69) is 15.4 Å². The number of aliphatic hydroxyl groups is 1. The summed E-state index contributed by atoms with van der Waals surface area (Å²) in [4.78, 5) is 13.9. The monoisotopic (exact) mass is 578 g/mol. The molecule has 0 aliphatic carbocycles. The van der Waals surface area contributed by atoms with E-state index in [0.717, 1.165) is 17.5 Å². The maximum Gasteiger partial charge on any atom is 0.251 e. The minimum atomic E-state index is -2.38. The zero-order valence-corrected chi connectivity index (χ0v) is 24.3. The number of ether oxygens (including phenoxy) is 1. The SMILES string of the molecule is CC[C@@H]1CN(c2nc(-c3cc(OC[C@H](O)CNC)ccc3Cl)nc(-c3c(C)noc3C)c2C)CCN1CC(F)F. The molecular formula is C28H37ClF2N6O3. The zero-order valence-electron chi connectivity index (χ0n) is 23.5. The van der Waals surface area contributed by atoms with Crippen LogP contribution in [0, 0.1) is 20.8 Å². The number of aryl methyl sites for hydroxylation is 2. The van der Waals surface area contributed by atoms with Gasteiger partial charge in [0.15, 0.2) is 5.82 Å². The van der Waals surface area contributed by atoms with Crippen LogP contribution in [0.1, 0.15) is 30.4 Å². The Hall–Kier alpha value is -2.86. The molecule has 1 saturated heterocycles. The van der Waals surface area contributed by atoms with Gasteiger partial charge < -0.3 is 24.6 Å². The first kappa shape index (κ1) is 30.1. The van der Waals surface area contributed by atoms with Crippen molar-refractivity contribution in [2.45, 2.75) is 52.7 Å². The number of hydrogen-bond acceptors (Lipinski definition) is 9. The van der Waals surface area contributed by atoms with E-state index in [4.69, 9.17) is 30.8 Å². The van der Waals surface area contributed by atoms with E-state index in [1.165, 1.54) is 0 Å². The molecule has 0 amide bonds. The van der Waals surface area contributed by atoms with E-state index in [1.807, 2.05) is 32.6 Å². The third-order valence-electron chi connectivity index (χ3n) is 7.20. The Balaban J connectivity index is 1.78. The number of anilines is 1. The van der Waals surface area contributed by atoms with E-state index in [-0.39, 0.29) is 19.2 Å². The molecule has 0 radical (unpaired) electrons. The molecule has 1 fully saturated rings. The van der Waals surface area contributed by atoms with Gasteiger partial charge in [-0.25, -0.2) is 18.7 Å². The predicted octanol–water partition coefficient (Wildman–Crippen LogP) is 4.50. The van der Waals surface area contributed by atoms with Crippen molar-refractivity contribution in [3.8, 4) is 28.4 Å². The lowest BCUT2D eigenvalue weighted by Crippen LogP contribution is -2.54. The molecule has 3 aromatic rings. The minimum Gasteiger partial charge on any atom is -0.491 e. The molecule has 2 atom stereocenters. The van der Waals surface area contributed by atoms with Gasteiger partial charge in [-0.1, -0.05) is 23.7 Å². The van der Waals surface area contributed by atoms with E-state index < -0.39 is 12.5 Å². The molecule has 9 nitrogen and oxygen atoms in total. The third-order valence-corrected chi connectivity index (χ3v) is 7.53. The number of alkyl halides is 2. The van der Waals surface area contributed by atoms with Crippen LogP contribution in [-0.4, -0.2) is 90.1 Å². The summed E-state index contributed by atoms with van der Waals surface area (Å²) in [5.74, 6) is 2.25. The molecule has 12 heteroatoms. The van der Waals surface area contributed by atoms with Crippen LogP contribution in [0.25, 0.3) is 22.6 Å². The third kappa shape index (κ3) is 6.71. The summed E-state index contributed by atoms with van der Waals surface area (Å²) >= 11 is 6.66. The van der Waals surface area contributed by atoms with Crippen LogP contribution in [-0.2, 0) is 0 Å². The summed E-state index contributed by atoms with van der Waals surface area (Å²) in [6.45, 7) is 9.53. The first-order valence-electron chi connectivity index (χ1n) is 13.5. The molecule has 218 valence electrons. The average molecular weight is 579 g/mol. The van der Waals surface area contributed by atoms with E-state index in [0.29, 0.717) is 71.3 Å². The van der Waals surface area contributed by atoms with Gasteiger partial charge in [0.2, 0.25) is 0 Å². The Morgan fingerprint density at radius 2 is 2.00 bits per heavy atom. The van der Waals surface area contributed by atoms with Gasteiger partial charge in [-0.05, 0) is 52.4 Å². The fraction of sp³-hybridized carbons (Fsp3) is 0.536. The number of nitrogens with zero attached hydrogens (tertiary/aromatic N) is 5. The van der Waals surface area contributed by atoms with Crippen LogP contribution < -0.4 is 15.0 Å². The van der Waals surface area contributed by atoms with Gasteiger partial charge in [0.05, 0.1) is 28.5 Å². The summed E-state index contributed by atoms with van der Waals surface area (Å²) in [5, 5.41) is 17.5. The van der Waals surface area contributed by atoms with Gasteiger partial charge in [-0.15, -0.1) is 0 Å². The summed E-state index contributed by atoms with van der Waals surface area (Å²) < 4.78 is 37.7. The lowest BCUT2D eigenvalue weighted by atomic mass is 10.0. The number of rotatable bonds is 11. The second kappa shape index (κ2) is 13.2. The molecule has 0 unspecified atom stereocenters. The number of halogens is 3. The molecule has 0 saturated carbocycles. The number of benzene rings is 1. The number of likely N-dealkylation sites (N-methyl/N-ethyl adjacent to an activating group) is 1. The smallest absolute Gasteiger partial charge is 0.251 e. The summed E-state index contributed by atoms with van der Waals surface area (Å²) in [5.41, 5.74) is 3.57. The predicted molar refractivity (Wildman–Crippen MR) is 151 cm³/mol. The Morgan fingerprint density at radius 3 is 2.65 bits per heavy atom. The number of piperazine rings is 1. The van der Waals surface area contributed by atoms with Gasteiger partial charge in [0, 0.05) is 43.3 Å². The highest BCUT2D eigenvalue weighted by Crippen LogP contribution is 2.37. The van der Waals surface area contributed by atoms with E-state index in [1.54, 1.807) is 25.2 Å². The van der Waals surface area contributed by atoms with Crippen LogP contribution in [0.15, 0.2) is 22.7 Å². The molecule has 4 rings (SSSR count). The number of nitrogens with one attached hydrogen (secondary N) is 1. The first-order chi connectivity index (χ1) is 19.1. The Morgan fingerprint density at radius 1 is 1.23 bits per heavy atom. The molecule has 1 aliphatic rings. The normalized spacial score (nSPS) is 17.1. The quantitative estimate of drug-likeness (QED) is 0.340. The number of hydrogen-bond donors (Lipinski definition) is 2. The van der Waals surface area contributed by atoms with Crippen LogP contribution in [0.2, 0.25) is 5.02 Å². The van der Waals surface area contributed by atoms with Crippen molar-refractivity contribution >= 4 is 17.4 Å². The Kier molecular flexibility index (Phi) is 9.94. The fourth-order valence-corrected chi connectivity index (χ4v) is 5.34. The highest BCUT2D eigenvalue weighted by atomic mass is 35.5. The molecule has 0 bridgehead atoms. The standard InChI is InChI=1S/C28H37ClF2N6O3/c1-6-19-13-37(10-9-36(19)14-24(30)31)28-16(2)26(25-17(3)35-40-18(25)4)33-27(34-28)22-11-21(7-8-23(22)29)39-15-20(38)12-32-5/h7-8,11,19-20,24,32,38H,6,9-10,12-15H2,1-5H3/t19-,20-/m1/s1. The van der Waals surface area contributed by atoms with E-state index in [9.17, 15) is 13.9 Å². The molecule has 1 aliphatic heterocycles. The van der Waals surface area contributed by atoms with E-state index >= 15 is 0 Å². The molecular weight excluding hydrogens is 542 g/mol. The maximum absolute atomic E-state index is 13.2. The van der Waals surface area contributed by atoms with Gasteiger partial charge in [0.25, 0.3) is 6.43 Å². The highest BCUT2D eigenvalue weighted by molar-refractivity contribution is 6.33. The Bertz CT molecular complexity index is 1290. The van der Waals surface area contributed by atoms with Crippen molar-refractivity contribution in [3.05, 3.63) is 40.2 Å². The van der Waals surface area contributed by atoms with Crippen LogP contribution in [0.3, 0.4) is 0 Å². The minimum absolute atomic E-state index is 0.0348. The molecule has 0 spiro atoms. The summed E-state index contributed by atoms with van der Waals surface area (Å²) in [6, 6.07) is 5.17. The average Bonchev–Trinajstić information content (AvgIpc) is 3.26. The van der Waals surface area contributed by atoms with Crippen LogP contribution in [0.4, 0.5) is 14.6 Å². The summed E-state index contributed by atoms with van der Waals surface area (Å²) in [7, 11) is 1.76. The summed E-state index contributed by atoms with van der Waals surface area (Å²) in [6.07, 6.45) is -2.32. The van der Waals surface area contributed by atoms with Gasteiger partial charge >= 0.3 is 0 Å². The topological polar surface area (TPSA) is 99.8 Å².